The molecule has 19 heavy (non-hydrogen) atoms. The van der Waals surface area contributed by atoms with E-state index < -0.39 is 12.6 Å². The topological polar surface area (TPSA) is 28.2 Å². The monoisotopic (exact) mass is 273 g/mol. The maximum atomic E-state index is 12.5. The second-order valence-electron chi connectivity index (χ2n) is 4.74. The van der Waals surface area contributed by atoms with Crippen molar-refractivity contribution >= 4 is 0 Å². The number of halogens is 3. The molecule has 1 aromatic heterocycles. The number of pyridine rings is 1. The smallest absolute Gasteiger partial charge is 0.314 e. The van der Waals surface area contributed by atoms with E-state index in [1.807, 2.05) is 12.1 Å². The third kappa shape index (κ3) is 4.47. The Morgan fingerprint density at radius 2 is 1.84 bits per heavy atom. The summed E-state index contributed by atoms with van der Waals surface area (Å²) in [6, 6.07) is 3.44. The van der Waals surface area contributed by atoms with Crippen molar-refractivity contribution in [1.82, 2.24) is 15.2 Å². The van der Waals surface area contributed by atoms with Crippen LogP contribution in [0, 0.1) is 0 Å². The molecule has 3 nitrogen and oxygen atoms in total. The number of aromatic nitrogens is 1. The summed E-state index contributed by atoms with van der Waals surface area (Å²) >= 11 is 0. The molecule has 106 valence electrons. The lowest BCUT2D eigenvalue weighted by Crippen LogP contribution is -2.45. The van der Waals surface area contributed by atoms with Crippen molar-refractivity contribution in [3.8, 4) is 0 Å². The Bertz CT molecular complexity index is 374. The van der Waals surface area contributed by atoms with E-state index in [2.05, 4.69) is 15.2 Å². The van der Waals surface area contributed by atoms with Crippen LogP contribution in [0.15, 0.2) is 24.5 Å². The fourth-order valence-electron chi connectivity index (χ4n) is 2.44. The highest BCUT2D eigenvalue weighted by atomic mass is 19.4. The van der Waals surface area contributed by atoms with Gasteiger partial charge in [-0.15, -0.1) is 0 Å². The first-order chi connectivity index (χ1) is 9.06. The van der Waals surface area contributed by atoms with Crippen LogP contribution in [0.2, 0.25) is 0 Å². The summed E-state index contributed by atoms with van der Waals surface area (Å²) in [4.78, 5) is 6.05. The van der Waals surface area contributed by atoms with Crippen LogP contribution in [-0.4, -0.2) is 42.2 Å². The van der Waals surface area contributed by atoms with Crippen molar-refractivity contribution in [2.75, 3.05) is 26.2 Å². The summed E-state index contributed by atoms with van der Waals surface area (Å²) in [5, 5.41) is 3.22. The lowest BCUT2D eigenvalue weighted by molar-refractivity contribution is -0.138. The van der Waals surface area contributed by atoms with Crippen molar-refractivity contribution in [2.24, 2.45) is 0 Å². The SMILES string of the molecule is FC(F)(F)CC[C@@H](c1ccncc1)N1CCNCC1. The number of nitrogens with one attached hydrogen (secondary N) is 1. The molecule has 1 aliphatic rings. The van der Waals surface area contributed by atoms with Gasteiger partial charge in [0.1, 0.15) is 0 Å². The fraction of sp³-hybridized carbons (Fsp3) is 0.615. The third-order valence-corrected chi connectivity index (χ3v) is 3.38. The molecule has 1 fully saturated rings. The van der Waals surface area contributed by atoms with Crippen LogP contribution in [0.1, 0.15) is 24.4 Å². The van der Waals surface area contributed by atoms with Gasteiger partial charge in [0.15, 0.2) is 0 Å². The van der Waals surface area contributed by atoms with Gasteiger partial charge in [0, 0.05) is 51.0 Å². The summed E-state index contributed by atoms with van der Waals surface area (Å²) in [5.41, 5.74) is 0.918. The molecular formula is C13H18F3N3. The Morgan fingerprint density at radius 1 is 1.21 bits per heavy atom. The summed E-state index contributed by atoms with van der Waals surface area (Å²) in [5.74, 6) is 0. The Hall–Kier alpha value is -1.14. The lowest BCUT2D eigenvalue weighted by atomic mass is 10.0. The fourth-order valence-corrected chi connectivity index (χ4v) is 2.44. The zero-order valence-corrected chi connectivity index (χ0v) is 10.7. The van der Waals surface area contributed by atoms with Gasteiger partial charge in [-0.1, -0.05) is 0 Å². The molecule has 6 heteroatoms. The molecule has 0 aliphatic carbocycles. The van der Waals surface area contributed by atoms with Crippen molar-refractivity contribution in [3.63, 3.8) is 0 Å². The summed E-state index contributed by atoms with van der Waals surface area (Å²) in [6.07, 6.45) is -1.47. The minimum atomic E-state index is -4.10. The first-order valence-electron chi connectivity index (χ1n) is 6.48. The molecule has 1 saturated heterocycles. The number of rotatable bonds is 4. The van der Waals surface area contributed by atoms with E-state index in [1.165, 1.54) is 0 Å². The first kappa shape index (κ1) is 14.3. The zero-order valence-electron chi connectivity index (χ0n) is 10.7. The minimum Gasteiger partial charge on any atom is -0.314 e. The molecule has 1 aliphatic heterocycles. The van der Waals surface area contributed by atoms with Crippen LogP contribution in [0.25, 0.3) is 0 Å². The van der Waals surface area contributed by atoms with Gasteiger partial charge < -0.3 is 5.32 Å². The quantitative estimate of drug-likeness (QED) is 0.913. The van der Waals surface area contributed by atoms with Gasteiger partial charge >= 0.3 is 6.18 Å². The lowest BCUT2D eigenvalue weighted by Gasteiger charge is -2.35. The van der Waals surface area contributed by atoms with Gasteiger partial charge in [-0.2, -0.15) is 13.2 Å². The molecule has 0 bridgehead atoms. The van der Waals surface area contributed by atoms with Crippen molar-refractivity contribution < 1.29 is 13.2 Å². The van der Waals surface area contributed by atoms with E-state index in [9.17, 15) is 13.2 Å². The number of nitrogens with zero attached hydrogens (tertiary/aromatic N) is 2. The number of piperazine rings is 1. The van der Waals surface area contributed by atoms with Gasteiger partial charge in [-0.25, -0.2) is 0 Å². The average Bonchev–Trinajstić information content (AvgIpc) is 2.40. The zero-order chi connectivity index (χ0) is 13.7. The van der Waals surface area contributed by atoms with E-state index in [4.69, 9.17) is 0 Å². The van der Waals surface area contributed by atoms with Crippen LogP contribution < -0.4 is 5.32 Å². The average molecular weight is 273 g/mol. The van der Waals surface area contributed by atoms with Gasteiger partial charge in [-0.3, -0.25) is 9.88 Å². The highest BCUT2D eigenvalue weighted by Crippen LogP contribution is 2.31. The second kappa shape index (κ2) is 6.34. The molecule has 2 rings (SSSR count). The van der Waals surface area contributed by atoms with E-state index in [0.29, 0.717) is 0 Å². The van der Waals surface area contributed by atoms with Gasteiger partial charge in [0.25, 0.3) is 0 Å². The van der Waals surface area contributed by atoms with Crippen LogP contribution in [0.5, 0.6) is 0 Å². The predicted molar refractivity (Wildman–Crippen MR) is 66.7 cm³/mol. The molecule has 0 unspecified atom stereocenters. The number of hydrogen-bond donors (Lipinski definition) is 1. The molecule has 0 saturated carbocycles. The highest BCUT2D eigenvalue weighted by Gasteiger charge is 2.31. The van der Waals surface area contributed by atoms with Crippen molar-refractivity contribution in [2.45, 2.75) is 25.1 Å². The van der Waals surface area contributed by atoms with E-state index in [1.54, 1.807) is 12.4 Å². The first-order valence-corrected chi connectivity index (χ1v) is 6.48. The maximum Gasteiger partial charge on any atom is 0.389 e. The Balaban J connectivity index is 2.08. The molecule has 1 N–H and O–H groups in total. The maximum absolute atomic E-state index is 12.5. The van der Waals surface area contributed by atoms with E-state index in [0.717, 1.165) is 31.7 Å². The molecule has 1 aromatic rings. The van der Waals surface area contributed by atoms with Gasteiger partial charge in [0.05, 0.1) is 0 Å². The summed E-state index contributed by atoms with van der Waals surface area (Å²) < 4.78 is 37.4. The van der Waals surface area contributed by atoms with Crippen LogP contribution in [0.4, 0.5) is 13.2 Å². The summed E-state index contributed by atoms with van der Waals surface area (Å²) in [7, 11) is 0. The molecule has 0 radical (unpaired) electrons. The number of alkyl halides is 3. The van der Waals surface area contributed by atoms with Crippen molar-refractivity contribution in [3.05, 3.63) is 30.1 Å². The number of hydrogen-bond acceptors (Lipinski definition) is 3. The second-order valence-corrected chi connectivity index (χ2v) is 4.74. The molecule has 0 spiro atoms. The van der Waals surface area contributed by atoms with Crippen molar-refractivity contribution in [1.29, 1.82) is 0 Å². The third-order valence-electron chi connectivity index (χ3n) is 3.38. The van der Waals surface area contributed by atoms with Gasteiger partial charge in [-0.05, 0) is 24.1 Å². The Labute approximate surface area is 110 Å². The van der Waals surface area contributed by atoms with Crippen LogP contribution >= 0.6 is 0 Å². The predicted octanol–water partition coefficient (Wildman–Crippen LogP) is 2.37. The Kier molecular flexibility index (Phi) is 4.76. The minimum absolute atomic E-state index is 0.105. The molecule has 1 atom stereocenters. The summed E-state index contributed by atoms with van der Waals surface area (Å²) in [6.45, 7) is 3.22. The van der Waals surface area contributed by atoms with Crippen LogP contribution in [0.3, 0.4) is 0 Å². The molecule has 0 amide bonds. The van der Waals surface area contributed by atoms with Crippen LogP contribution in [-0.2, 0) is 0 Å². The van der Waals surface area contributed by atoms with Gasteiger partial charge in [0.2, 0.25) is 0 Å². The molecule has 0 aromatic carbocycles. The van der Waals surface area contributed by atoms with E-state index >= 15 is 0 Å². The molecule has 2 heterocycles. The highest BCUT2D eigenvalue weighted by molar-refractivity contribution is 5.15. The van der Waals surface area contributed by atoms with E-state index in [-0.39, 0.29) is 12.5 Å². The standard InChI is InChI=1S/C13H18F3N3/c14-13(15,16)4-1-12(11-2-5-17-6-3-11)19-9-7-18-8-10-19/h2-3,5-6,12,18H,1,4,7-10H2/t12-/m0/s1. The largest absolute Gasteiger partial charge is 0.389 e. The normalized spacial score (nSPS) is 19.3. The Morgan fingerprint density at radius 3 is 2.42 bits per heavy atom. The molecular weight excluding hydrogens is 255 g/mol.